The largest absolute Gasteiger partial charge is 0.373 e. The molecule has 0 unspecified atom stereocenters. The van der Waals surface area contributed by atoms with Crippen molar-refractivity contribution in [3.63, 3.8) is 0 Å². The van der Waals surface area contributed by atoms with Crippen LogP contribution < -0.4 is 5.48 Å². The third kappa shape index (κ3) is 6.25. The number of rotatable bonds is 9. The molecule has 1 atom stereocenters. The lowest BCUT2D eigenvalue weighted by atomic mass is 9.98. The number of hydrogen-bond acceptors (Lipinski definition) is 6. The Morgan fingerprint density at radius 3 is 2.62 bits per heavy atom. The number of carbonyl (C=O) groups is 1. The molecule has 8 nitrogen and oxygen atoms in total. The topological polar surface area (TPSA) is 109 Å². The van der Waals surface area contributed by atoms with Crippen LogP contribution in [0.2, 0.25) is 0 Å². The number of nitrogens with one attached hydrogen (secondary N) is 1. The van der Waals surface area contributed by atoms with E-state index in [-0.39, 0.29) is 17.8 Å². The summed E-state index contributed by atoms with van der Waals surface area (Å²) in [6.45, 7) is 6.97. The zero-order valence-corrected chi connectivity index (χ0v) is 19.8. The number of carbonyl (C=O) groups excluding carboxylic acids is 1. The summed E-state index contributed by atoms with van der Waals surface area (Å²) in [6.07, 6.45) is 1.57. The van der Waals surface area contributed by atoms with E-state index < -0.39 is 21.8 Å². The van der Waals surface area contributed by atoms with Gasteiger partial charge in [-0.1, -0.05) is 32.0 Å². The zero-order valence-electron chi connectivity index (χ0n) is 19.0. The summed E-state index contributed by atoms with van der Waals surface area (Å²) < 4.78 is 33.3. The maximum Gasteiger partial charge on any atom is 0.247 e. The molecule has 1 aromatic heterocycles. The van der Waals surface area contributed by atoms with E-state index >= 15 is 0 Å². The van der Waals surface area contributed by atoms with E-state index in [1.165, 1.54) is 4.31 Å². The van der Waals surface area contributed by atoms with Crippen molar-refractivity contribution in [1.29, 1.82) is 0 Å². The van der Waals surface area contributed by atoms with Crippen molar-refractivity contribution in [1.82, 2.24) is 14.8 Å². The van der Waals surface area contributed by atoms with E-state index in [1.807, 2.05) is 51.1 Å². The number of para-hydroxylation sites is 1. The number of aryl methyl sites for hydroxylation is 1. The Bertz CT molecular complexity index is 1030. The third-order valence-electron chi connectivity index (χ3n) is 5.85. The second-order valence-corrected chi connectivity index (χ2v) is 10.9. The minimum absolute atomic E-state index is 0.0270. The summed E-state index contributed by atoms with van der Waals surface area (Å²) >= 11 is 0. The van der Waals surface area contributed by atoms with Gasteiger partial charge in [-0.3, -0.25) is 15.0 Å². The van der Waals surface area contributed by atoms with E-state index in [2.05, 4.69) is 4.98 Å². The van der Waals surface area contributed by atoms with Gasteiger partial charge in [0.25, 0.3) is 0 Å². The van der Waals surface area contributed by atoms with Crippen molar-refractivity contribution in [2.75, 3.05) is 18.8 Å². The number of hydroxylamine groups is 1. The lowest BCUT2D eigenvalue weighted by Crippen LogP contribution is -2.44. The first-order valence-corrected chi connectivity index (χ1v) is 12.7. The fraction of sp³-hybridized carbons (Fsp3) is 0.565. The normalized spacial score (nSPS) is 17.0. The van der Waals surface area contributed by atoms with Crippen molar-refractivity contribution >= 4 is 26.8 Å². The maximum absolute atomic E-state index is 12.9. The molecular weight excluding hydrogens is 430 g/mol. The van der Waals surface area contributed by atoms with Crippen molar-refractivity contribution in [2.45, 2.75) is 52.7 Å². The molecular formula is C23H33N3O5S. The molecule has 176 valence electrons. The van der Waals surface area contributed by atoms with Gasteiger partial charge in [-0.25, -0.2) is 18.2 Å². The number of benzene rings is 1. The average molecular weight is 464 g/mol. The quantitative estimate of drug-likeness (QED) is 0.437. The molecule has 1 fully saturated rings. The summed E-state index contributed by atoms with van der Waals surface area (Å²) in [7, 11) is -3.61. The Morgan fingerprint density at radius 1 is 1.28 bits per heavy atom. The van der Waals surface area contributed by atoms with Gasteiger partial charge in [0.2, 0.25) is 15.9 Å². The number of ether oxygens (including phenoxy) is 1. The Balaban J connectivity index is 1.57. The summed E-state index contributed by atoms with van der Waals surface area (Å²) in [6, 6.07) is 9.99. The second-order valence-electron chi connectivity index (χ2n) is 8.93. The lowest BCUT2D eigenvalue weighted by Gasteiger charge is -2.32. The van der Waals surface area contributed by atoms with Crippen LogP contribution in [0.4, 0.5) is 0 Å². The number of piperidine rings is 1. The molecule has 0 spiro atoms. The highest BCUT2D eigenvalue weighted by Crippen LogP contribution is 2.24. The Kier molecular flexibility index (Phi) is 8.21. The van der Waals surface area contributed by atoms with Crippen LogP contribution in [0.5, 0.6) is 0 Å². The molecule has 0 radical (unpaired) electrons. The van der Waals surface area contributed by atoms with E-state index in [0.717, 1.165) is 22.2 Å². The molecule has 9 heteroatoms. The van der Waals surface area contributed by atoms with Gasteiger partial charge in [-0.15, -0.1) is 0 Å². The van der Waals surface area contributed by atoms with Crippen molar-refractivity contribution in [3.8, 4) is 0 Å². The molecule has 1 saturated heterocycles. The second kappa shape index (κ2) is 10.7. The molecule has 2 N–H and O–H groups in total. The first-order chi connectivity index (χ1) is 15.2. The standard InChI is InChI=1S/C23H33N3O5S/c1-16(2)12-19(23(27)25-28)15-32(29,30)26-10-8-20(9-11-26)31-14-18-13-17(3)24-22-7-5-4-6-21(18)22/h4-7,13,16,19-20,28H,8-12,14-15H2,1-3H3,(H,25,27)/t19-/m0/s1. The summed E-state index contributed by atoms with van der Waals surface area (Å²) in [5, 5.41) is 10.0. The minimum Gasteiger partial charge on any atom is -0.373 e. The molecule has 1 aliphatic rings. The third-order valence-corrected chi connectivity index (χ3v) is 7.82. The highest BCUT2D eigenvalue weighted by Gasteiger charge is 2.33. The van der Waals surface area contributed by atoms with Gasteiger partial charge >= 0.3 is 0 Å². The molecule has 0 saturated carbocycles. The Hall–Kier alpha value is -2.07. The highest BCUT2D eigenvalue weighted by molar-refractivity contribution is 7.89. The first kappa shape index (κ1) is 24.6. The smallest absolute Gasteiger partial charge is 0.247 e. The van der Waals surface area contributed by atoms with Crippen molar-refractivity contribution < 1.29 is 23.2 Å². The monoisotopic (exact) mass is 463 g/mol. The first-order valence-electron chi connectivity index (χ1n) is 11.1. The average Bonchev–Trinajstić information content (AvgIpc) is 2.76. The van der Waals surface area contributed by atoms with E-state index in [1.54, 1.807) is 5.48 Å². The summed E-state index contributed by atoms with van der Waals surface area (Å²) in [5.74, 6) is -1.59. The number of sulfonamides is 1. The van der Waals surface area contributed by atoms with Crippen molar-refractivity contribution in [3.05, 3.63) is 41.6 Å². The number of hydrogen-bond donors (Lipinski definition) is 2. The fourth-order valence-electron chi connectivity index (χ4n) is 4.27. The fourth-order valence-corrected chi connectivity index (χ4v) is 6.04. The van der Waals surface area contributed by atoms with Gasteiger partial charge in [0.1, 0.15) is 0 Å². The van der Waals surface area contributed by atoms with Gasteiger partial charge in [0, 0.05) is 24.2 Å². The molecule has 1 amide bonds. The van der Waals surface area contributed by atoms with Gasteiger partial charge in [-0.2, -0.15) is 0 Å². The lowest BCUT2D eigenvalue weighted by molar-refractivity contribution is -0.133. The van der Waals surface area contributed by atoms with Gasteiger partial charge in [0.15, 0.2) is 0 Å². The molecule has 2 aromatic rings. The van der Waals surface area contributed by atoms with Crippen LogP contribution in [0, 0.1) is 18.8 Å². The number of fused-ring (bicyclic) bond motifs is 1. The Morgan fingerprint density at radius 2 is 1.97 bits per heavy atom. The molecule has 0 aliphatic carbocycles. The maximum atomic E-state index is 12.9. The van der Waals surface area contributed by atoms with Crippen LogP contribution in [0.25, 0.3) is 10.9 Å². The predicted molar refractivity (Wildman–Crippen MR) is 123 cm³/mol. The SMILES string of the molecule is Cc1cc(COC2CCN(S(=O)(=O)C[C@H](CC(C)C)C(=O)NO)CC2)c2ccccc2n1. The number of nitrogens with zero attached hydrogens (tertiary/aromatic N) is 2. The number of amides is 1. The molecule has 0 bridgehead atoms. The zero-order chi connectivity index (χ0) is 23.3. The molecule has 2 heterocycles. The van der Waals surface area contributed by atoms with Crippen LogP contribution in [0.1, 0.15) is 44.4 Å². The molecule has 1 aromatic carbocycles. The molecule has 32 heavy (non-hydrogen) atoms. The number of aromatic nitrogens is 1. The van der Waals surface area contributed by atoms with Crippen LogP contribution >= 0.6 is 0 Å². The van der Waals surface area contributed by atoms with Crippen LogP contribution in [0.15, 0.2) is 30.3 Å². The summed E-state index contributed by atoms with van der Waals surface area (Å²) in [4.78, 5) is 16.5. The number of pyridine rings is 1. The van der Waals surface area contributed by atoms with Gasteiger partial charge in [-0.05, 0) is 49.8 Å². The van der Waals surface area contributed by atoms with Crippen LogP contribution in [-0.4, -0.2) is 53.8 Å². The van der Waals surface area contributed by atoms with Crippen molar-refractivity contribution in [2.24, 2.45) is 11.8 Å². The highest BCUT2D eigenvalue weighted by atomic mass is 32.2. The van der Waals surface area contributed by atoms with Gasteiger partial charge in [0.05, 0.1) is 29.9 Å². The Labute approximate surface area is 190 Å². The van der Waals surface area contributed by atoms with E-state index in [0.29, 0.717) is 39.0 Å². The van der Waals surface area contributed by atoms with Crippen LogP contribution in [-0.2, 0) is 26.2 Å². The molecule has 3 rings (SSSR count). The summed E-state index contributed by atoms with van der Waals surface area (Å²) in [5.41, 5.74) is 4.56. The van der Waals surface area contributed by atoms with Gasteiger partial charge < -0.3 is 4.74 Å². The van der Waals surface area contributed by atoms with E-state index in [9.17, 15) is 13.2 Å². The predicted octanol–water partition coefficient (Wildman–Crippen LogP) is 3.02. The molecule has 1 aliphatic heterocycles. The van der Waals surface area contributed by atoms with Crippen LogP contribution in [0.3, 0.4) is 0 Å². The van der Waals surface area contributed by atoms with E-state index in [4.69, 9.17) is 9.94 Å². The minimum atomic E-state index is -3.61.